The number of ether oxygens (including phenoxy) is 1. The molecule has 0 aliphatic heterocycles. The maximum atomic E-state index is 5.23. The van der Waals surface area contributed by atoms with Crippen LogP contribution in [0, 0.1) is 6.92 Å². The number of anilines is 1. The Morgan fingerprint density at radius 3 is 2.63 bits per heavy atom. The van der Waals surface area contributed by atoms with Crippen molar-refractivity contribution in [3.05, 3.63) is 52.3 Å². The molecule has 0 saturated heterocycles. The highest BCUT2D eigenvalue weighted by atomic mass is 79.9. The number of halogens is 1. The summed E-state index contributed by atoms with van der Waals surface area (Å²) in [5.41, 5.74) is 3.23. The molecule has 100 valence electrons. The average Bonchev–Trinajstić information content (AvgIpc) is 2.41. The molecular formula is C15H17BrN2O. The van der Waals surface area contributed by atoms with Crippen molar-refractivity contribution in [2.75, 3.05) is 12.4 Å². The molecule has 1 aromatic heterocycles. The van der Waals surface area contributed by atoms with Crippen molar-refractivity contribution in [2.45, 2.75) is 19.9 Å². The molecule has 3 nitrogen and oxygen atoms in total. The first kappa shape index (κ1) is 13.9. The van der Waals surface area contributed by atoms with Crippen molar-refractivity contribution in [1.29, 1.82) is 0 Å². The Morgan fingerprint density at radius 2 is 2.05 bits per heavy atom. The van der Waals surface area contributed by atoms with Gasteiger partial charge in [0.05, 0.1) is 23.5 Å². The fourth-order valence-electron chi connectivity index (χ4n) is 1.84. The van der Waals surface area contributed by atoms with E-state index in [0.29, 0.717) is 0 Å². The molecule has 0 spiro atoms. The largest absolute Gasteiger partial charge is 0.496 e. The van der Waals surface area contributed by atoms with E-state index in [1.807, 2.05) is 31.3 Å². The van der Waals surface area contributed by atoms with Crippen LogP contribution in [0.2, 0.25) is 0 Å². The minimum Gasteiger partial charge on any atom is -0.496 e. The summed E-state index contributed by atoms with van der Waals surface area (Å²) in [5.74, 6) is 0.841. The van der Waals surface area contributed by atoms with Crippen LogP contribution in [-0.2, 0) is 0 Å². The fraction of sp³-hybridized carbons (Fsp3) is 0.267. The van der Waals surface area contributed by atoms with E-state index in [1.165, 1.54) is 5.56 Å². The summed E-state index contributed by atoms with van der Waals surface area (Å²) in [5, 5.41) is 3.43. The molecule has 4 heteroatoms. The predicted octanol–water partition coefficient (Wildman–Crippen LogP) is 4.33. The van der Waals surface area contributed by atoms with E-state index >= 15 is 0 Å². The van der Waals surface area contributed by atoms with Gasteiger partial charge < -0.3 is 10.1 Å². The maximum absolute atomic E-state index is 5.23. The van der Waals surface area contributed by atoms with Gasteiger partial charge in [-0.25, -0.2) is 0 Å². The number of aromatic nitrogens is 1. The summed E-state index contributed by atoms with van der Waals surface area (Å²) in [6.07, 6.45) is 1.85. The van der Waals surface area contributed by atoms with Crippen molar-refractivity contribution in [1.82, 2.24) is 4.98 Å². The zero-order valence-corrected chi connectivity index (χ0v) is 12.9. The first-order valence-electron chi connectivity index (χ1n) is 6.13. The molecule has 19 heavy (non-hydrogen) atoms. The number of nitrogens with zero attached hydrogens (tertiary/aromatic N) is 1. The fourth-order valence-corrected chi connectivity index (χ4v) is 2.40. The molecule has 0 bridgehead atoms. The lowest BCUT2D eigenvalue weighted by molar-refractivity contribution is 0.412. The van der Waals surface area contributed by atoms with Crippen LogP contribution in [0.3, 0.4) is 0 Å². The van der Waals surface area contributed by atoms with E-state index < -0.39 is 0 Å². The van der Waals surface area contributed by atoms with Crippen molar-refractivity contribution in [3.8, 4) is 5.75 Å². The third-order valence-electron chi connectivity index (χ3n) is 2.97. The average molecular weight is 321 g/mol. The highest BCUT2D eigenvalue weighted by molar-refractivity contribution is 9.10. The lowest BCUT2D eigenvalue weighted by Crippen LogP contribution is -2.07. The van der Waals surface area contributed by atoms with Crippen LogP contribution in [0.15, 0.2) is 41.0 Å². The van der Waals surface area contributed by atoms with E-state index in [4.69, 9.17) is 4.74 Å². The van der Waals surface area contributed by atoms with Crippen LogP contribution in [0.1, 0.15) is 24.2 Å². The Labute approximate surface area is 122 Å². The van der Waals surface area contributed by atoms with Gasteiger partial charge in [-0.3, -0.25) is 4.98 Å². The second kappa shape index (κ2) is 6.06. The molecule has 2 aromatic rings. The van der Waals surface area contributed by atoms with E-state index in [0.717, 1.165) is 21.6 Å². The highest BCUT2D eigenvalue weighted by Gasteiger charge is 2.08. The number of pyridine rings is 1. The Balaban J connectivity index is 2.13. The molecule has 0 amide bonds. The van der Waals surface area contributed by atoms with Gasteiger partial charge in [0.1, 0.15) is 5.75 Å². The summed E-state index contributed by atoms with van der Waals surface area (Å²) < 4.78 is 6.20. The number of nitrogens with one attached hydrogen (secondary N) is 1. The minimum absolute atomic E-state index is 0.201. The standard InChI is InChI=1S/C15H17BrN2O/c1-10-4-6-13(9-17-10)18-11(2)12-5-7-15(19-3)14(16)8-12/h4-9,11,18H,1-3H3. The Hall–Kier alpha value is -1.55. The van der Waals surface area contributed by atoms with Crippen LogP contribution >= 0.6 is 15.9 Å². The van der Waals surface area contributed by atoms with Gasteiger partial charge in [-0.2, -0.15) is 0 Å². The van der Waals surface area contributed by atoms with Crippen LogP contribution in [0.25, 0.3) is 0 Å². The van der Waals surface area contributed by atoms with Crippen molar-refractivity contribution in [2.24, 2.45) is 0 Å². The molecule has 0 radical (unpaired) electrons. The van der Waals surface area contributed by atoms with Gasteiger partial charge in [0, 0.05) is 11.7 Å². The molecule has 0 aliphatic rings. The lowest BCUT2D eigenvalue weighted by atomic mass is 10.1. The van der Waals surface area contributed by atoms with Crippen molar-refractivity contribution >= 4 is 21.6 Å². The van der Waals surface area contributed by atoms with Gasteiger partial charge in [0.15, 0.2) is 0 Å². The molecule has 1 heterocycles. The molecule has 1 unspecified atom stereocenters. The van der Waals surface area contributed by atoms with Gasteiger partial charge in [-0.15, -0.1) is 0 Å². The lowest BCUT2D eigenvalue weighted by Gasteiger charge is -2.16. The van der Waals surface area contributed by atoms with Crippen LogP contribution < -0.4 is 10.1 Å². The number of hydrogen-bond acceptors (Lipinski definition) is 3. The molecular weight excluding hydrogens is 304 g/mol. The van der Waals surface area contributed by atoms with E-state index in [-0.39, 0.29) is 6.04 Å². The van der Waals surface area contributed by atoms with E-state index in [1.54, 1.807) is 7.11 Å². The number of rotatable bonds is 4. The zero-order valence-electron chi connectivity index (χ0n) is 11.3. The molecule has 1 N–H and O–H groups in total. The van der Waals surface area contributed by atoms with E-state index in [2.05, 4.69) is 45.3 Å². The van der Waals surface area contributed by atoms with Gasteiger partial charge in [0.2, 0.25) is 0 Å². The van der Waals surface area contributed by atoms with Gasteiger partial charge in [-0.05, 0) is 59.6 Å². The zero-order chi connectivity index (χ0) is 13.8. The number of benzene rings is 1. The summed E-state index contributed by atoms with van der Waals surface area (Å²) >= 11 is 3.51. The van der Waals surface area contributed by atoms with E-state index in [9.17, 15) is 0 Å². The van der Waals surface area contributed by atoms with Crippen LogP contribution in [0.4, 0.5) is 5.69 Å². The number of hydrogen-bond donors (Lipinski definition) is 1. The highest BCUT2D eigenvalue weighted by Crippen LogP contribution is 2.29. The van der Waals surface area contributed by atoms with Crippen LogP contribution in [-0.4, -0.2) is 12.1 Å². The second-order valence-electron chi connectivity index (χ2n) is 4.45. The normalized spacial score (nSPS) is 12.0. The van der Waals surface area contributed by atoms with Crippen LogP contribution in [0.5, 0.6) is 5.75 Å². The maximum Gasteiger partial charge on any atom is 0.133 e. The topological polar surface area (TPSA) is 34.1 Å². The monoisotopic (exact) mass is 320 g/mol. The van der Waals surface area contributed by atoms with Gasteiger partial charge in [0.25, 0.3) is 0 Å². The second-order valence-corrected chi connectivity index (χ2v) is 5.30. The molecule has 1 atom stereocenters. The minimum atomic E-state index is 0.201. The molecule has 0 aliphatic carbocycles. The molecule has 2 rings (SSSR count). The summed E-state index contributed by atoms with van der Waals surface area (Å²) in [7, 11) is 1.67. The predicted molar refractivity (Wildman–Crippen MR) is 81.7 cm³/mol. The van der Waals surface area contributed by atoms with Gasteiger partial charge in [-0.1, -0.05) is 6.07 Å². The van der Waals surface area contributed by atoms with Crippen molar-refractivity contribution in [3.63, 3.8) is 0 Å². The quantitative estimate of drug-likeness (QED) is 0.910. The number of aryl methyl sites for hydroxylation is 1. The SMILES string of the molecule is COc1ccc(C(C)Nc2ccc(C)nc2)cc1Br. The third kappa shape index (κ3) is 3.47. The van der Waals surface area contributed by atoms with Gasteiger partial charge >= 0.3 is 0 Å². The van der Waals surface area contributed by atoms with Crippen molar-refractivity contribution < 1.29 is 4.74 Å². The summed E-state index contributed by atoms with van der Waals surface area (Å²) in [4.78, 5) is 4.28. The Morgan fingerprint density at radius 1 is 1.26 bits per heavy atom. The first-order chi connectivity index (χ1) is 9.10. The Bertz CT molecular complexity index is 555. The number of methoxy groups -OCH3 is 1. The molecule has 0 fully saturated rings. The smallest absolute Gasteiger partial charge is 0.133 e. The molecule has 1 aromatic carbocycles. The molecule has 0 saturated carbocycles. The summed E-state index contributed by atoms with van der Waals surface area (Å²) in [6.45, 7) is 4.10. The first-order valence-corrected chi connectivity index (χ1v) is 6.92. The Kier molecular flexibility index (Phi) is 4.43. The third-order valence-corrected chi connectivity index (χ3v) is 3.59. The summed E-state index contributed by atoms with van der Waals surface area (Å²) in [6, 6.07) is 10.3.